The first-order valence-corrected chi connectivity index (χ1v) is 14.5. The lowest BCUT2D eigenvalue weighted by atomic mass is 10.0. The van der Waals surface area contributed by atoms with Crippen molar-refractivity contribution in [2.75, 3.05) is 58.3 Å². The number of aromatic nitrogens is 1. The highest BCUT2D eigenvalue weighted by Gasteiger charge is 2.25. The molecule has 0 radical (unpaired) electrons. The molecule has 5 rings (SSSR count). The first kappa shape index (κ1) is 29.0. The van der Waals surface area contributed by atoms with E-state index in [-0.39, 0.29) is 18.0 Å². The van der Waals surface area contributed by atoms with Gasteiger partial charge in [-0.1, -0.05) is 54.6 Å². The lowest BCUT2D eigenvalue weighted by Crippen LogP contribution is -2.53. The van der Waals surface area contributed by atoms with Gasteiger partial charge in [0.2, 0.25) is 5.91 Å². The second-order valence-electron chi connectivity index (χ2n) is 10.7. The molecule has 1 aliphatic rings. The monoisotopic (exact) mass is 568 g/mol. The highest BCUT2D eigenvalue weighted by Crippen LogP contribution is 2.22. The molecule has 1 aliphatic heterocycles. The van der Waals surface area contributed by atoms with Crippen molar-refractivity contribution in [2.45, 2.75) is 19.0 Å². The Labute approximate surface area is 247 Å². The minimum absolute atomic E-state index is 0.0397. The van der Waals surface area contributed by atoms with Crippen molar-refractivity contribution in [3.05, 3.63) is 96.2 Å². The van der Waals surface area contributed by atoms with Crippen LogP contribution in [0.5, 0.6) is 5.75 Å². The Bertz CT molecular complexity index is 1460. The van der Waals surface area contributed by atoms with Crippen molar-refractivity contribution in [1.29, 1.82) is 0 Å². The van der Waals surface area contributed by atoms with Gasteiger partial charge in [-0.3, -0.25) is 9.69 Å². The van der Waals surface area contributed by atoms with Crippen molar-refractivity contribution in [3.63, 3.8) is 0 Å². The van der Waals surface area contributed by atoms with E-state index in [1.165, 1.54) is 5.69 Å². The van der Waals surface area contributed by atoms with Gasteiger partial charge in [-0.15, -0.1) is 0 Å². The van der Waals surface area contributed by atoms with Gasteiger partial charge in [-0.05, 0) is 36.2 Å². The van der Waals surface area contributed by atoms with E-state index < -0.39 is 0 Å². The van der Waals surface area contributed by atoms with Gasteiger partial charge in [0, 0.05) is 68.1 Å². The van der Waals surface area contributed by atoms with Crippen LogP contribution in [0.25, 0.3) is 10.9 Å². The van der Waals surface area contributed by atoms with Gasteiger partial charge in [0.25, 0.3) is 0 Å². The van der Waals surface area contributed by atoms with E-state index in [1.807, 2.05) is 54.7 Å². The highest BCUT2D eigenvalue weighted by atomic mass is 16.5. The van der Waals surface area contributed by atoms with E-state index >= 15 is 0 Å². The SMILES string of the molecule is CNC(=O)N(Cc1ccccc1OC)CC(Cc1c[nH]c2ccccc12)NC(=O)CN1CCN(c2ccccc2)CC1. The zero-order chi connectivity index (χ0) is 29.3. The molecular formula is C33H40N6O3. The van der Waals surface area contributed by atoms with Gasteiger partial charge < -0.3 is 30.2 Å². The second kappa shape index (κ2) is 13.9. The number of ether oxygens (including phenoxy) is 1. The molecule has 4 aromatic rings. The van der Waals surface area contributed by atoms with Crippen LogP contribution in [-0.4, -0.2) is 86.2 Å². The van der Waals surface area contributed by atoms with Crippen LogP contribution in [0.3, 0.4) is 0 Å². The zero-order valence-corrected chi connectivity index (χ0v) is 24.4. The third-order valence-corrected chi connectivity index (χ3v) is 7.86. The molecule has 0 bridgehead atoms. The number of carbonyl (C=O) groups excluding carboxylic acids is 2. The molecule has 0 aliphatic carbocycles. The molecule has 0 spiro atoms. The molecule has 0 saturated carbocycles. The van der Waals surface area contributed by atoms with E-state index in [4.69, 9.17) is 4.74 Å². The Morgan fingerprint density at radius 3 is 2.40 bits per heavy atom. The van der Waals surface area contributed by atoms with Crippen LogP contribution >= 0.6 is 0 Å². The third-order valence-electron chi connectivity index (χ3n) is 7.86. The Morgan fingerprint density at radius 1 is 0.929 bits per heavy atom. The molecule has 3 aromatic carbocycles. The summed E-state index contributed by atoms with van der Waals surface area (Å²) in [7, 11) is 3.25. The average molecular weight is 569 g/mol. The number of carbonyl (C=O) groups is 2. The molecule has 1 atom stereocenters. The summed E-state index contributed by atoms with van der Waals surface area (Å²) >= 11 is 0. The Balaban J connectivity index is 1.29. The number of nitrogens with zero attached hydrogens (tertiary/aromatic N) is 3. The average Bonchev–Trinajstić information content (AvgIpc) is 3.43. The Hall–Kier alpha value is -4.50. The van der Waals surface area contributed by atoms with Crippen LogP contribution in [0, 0.1) is 0 Å². The molecule has 1 fully saturated rings. The zero-order valence-electron chi connectivity index (χ0n) is 24.4. The van der Waals surface area contributed by atoms with Gasteiger partial charge in [0.05, 0.1) is 26.2 Å². The maximum Gasteiger partial charge on any atom is 0.317 e. The molecule has 1 unspecified atom stereocenters. The van der Waals surface area contributed by atoms with Crippen molar-refractivity contribution < 1.29 is 14.3 Å². The molecule has 42 heavy (non-hydrogen) atoms. The number of fused-ring (bicyclic) bond motifs is 1. The molecule has 9 nitrogen and oxygen atoms in total. The smallest absolute Gasteiger partial charge is 0.317 e. The Kier molecular flexibility index (Phi) is 9.61. The van der Waals surface area contributed by atoms with E-state index in [2.05, 4.69) is 55.7 Å². The van der Waals surface area contributed by atoms with E-state index in [0.717, 1.165) is 54.0 Å². The summed E-state index contributed by atoms with van der Waals surface area (Å²) in [6.45, 7) is 4.38. The van der Waals surface area contributed by atoms with Crippen LogP contribution in [0.2, 0.25) is 0 Å². The summed E-state index contributed by atoms with van der Waals surface area (Å²) < 4.78 is 5.54. The number of urea groups is 1. The minimum atomic E-state index is -0.297. The first-order valence-electron chi connectivity index (χ1n) is 14.5. The number of benzene rings is 3. The summed E-state index contributed by atoms with van der Waals surface area (Å²) in [4.78, 5) is 36.1. The number of anilines is 1. The number of amides is 3. The molecule has 3 N–H and O–H groups in total. The fraction of sp³-hybridized carbons (Fsp3) is 0.333. The van der Waals surface area contributed by atoms with Gasteiger partial charge >= 0.3 is 6.03 Å². The normalized spacial score (nSPS) is 14.4. The van der Waals surface area contributed by atoms with Crippen LogP contribution in [-0.2, 0) is 17.8 Å². The first-order chi connectivity index (χ1) is 20.5. The van der Waals surface area contributed by atoms with E-state index in [0.29, 0.717) is 26.1 Å². The number of methoxy groups -OCH3 is 1. The van der Waals surface area contributed by atoms with Crippen molar-refractivity contribution in [2.24, 2.45) is 0 Å². The summed E-state index contributed by atoms with van der Waals surface area (Å²) in [5, 5.41) is 7.16. The van der Waals surface area contributed by atoms with Gasteiger partial charge in [0.1, 0.15) is 5.75 Å². The largest absolute Gasteiger partial charge is 0.496 e. The number of H-pyrrole nitrogens is 1. The quantitative estimate of drug-likeness (QED) is 0.256. The molecule has 3 amide bonds. The fourth-order valence-corrected chi connectivity index (χ4v) is 5.69. The van der Waals surface area contributed by atoms with Crippen LogP contribution in [0.15, 0.2) is 85.1 Å². The van der Waals surface area contributed by atoms with Gasteiger partial charge in [-0.2, -0.15) is 0 Å². The summed E-state index contributed by atoms with van der Waals surface area (Å²) in [5.41, 5.74) is 4.26. The van der Waals surface area contributed by atoms with Crippen LogP contribution < -0.4 is 20.3 Å². The molecule has 220 valence electrons. The molecule has 9 heteroatoms. The highest BCUT2D eigenvalue weighted by molar-refractivity contribution is 5.83. The summed E-state index contributed by atoms with van der Waals surface area (Å²) in [6, 6.07) is 25.7. The predicted octanol–water partition coefficient (Wildman–Crippen LogP) is 3.87. The number of hydrogen-bond acceptors (Lipinski definition) is 5. The molecule has 2 heterocycles. The number of aromatic amines is 1. The molecular weight excluding hydrogens is 528 g/mol. The van der Waals surface area contributed by atoms with Crippen LogP contribution in [0.4, 0.5) is 10.5 Å². The van der Waals surface area contributed by atoms with E-state index in [1.54, 1.807) is 19.1 Å². The lowest BCUT2D eigenvalue weighted by molar-refractivity contribution is -0.123. The fourth-order valence-electron chi connectivity index (χ4n) is 5.69. The minimum Gasteiger partial charge on any atom is -0.496 e. The molecule has 1 saturated heterocycles. The topological polar surface area (TPSA) is 92.9 Å². The number of rotatable bonds is 11. The maximum atomic E-state index is 13.4. The predicted molar refractivity (Wildman–Crippen MR) is 167 cm³/mol. The molecule has 1 aromatic heterocycles. The number of para-hydroxylation sites is 3. The van der Waals surface area contributed by atoms with Gasteiger partial charge in [-0.25, -0.2) is 4.79 Å². The number of hydrogen-bond donors (Lipinski definition) is 3. The third kappa shape index (κ3) is 7.22. The summed E-state index contributed by atoms with van der Waals surface area (Å²) in [6.07, 6.45) is 2.58. The van der Waals surface area contributed by atoms with Gasteiger partial charge in [0.15, 0.2) is 0 Å². The maximum absolute atomic E-state index is 13.4. The second-order valence-corrected chi connectivity index (χ2v) is 10.7. The number of nitrogens with one attached hydrogen (secondary N) is 3. The van der Waals surface area contributed by atoms with Crippen molar-refractivity contribution >= 4 is 28.5 Å². The van der Waals surface area contributed by atoms with Crippen molar-refractivity contribution in [3.8, 4) is 5.75 Å². The van der Waals surface area contributed by atoms with E-state index in [9.17, 15) is 9.59 Å². The number of piperazine rings is 1. The van der Waals surface area contributed by atoms with Crippen LogP contribution in [0.1, 0.15) is 11.1 Å². The standard InChI is InChI=1S/C33H40N6O3/c1-34-33(41)39(22-25-10-6-9-15-31(25)42-2)23-27(20-26-21-35-30-14-8-7-13-29(26)30)36-32(40)24-37-16-18-38(19-17-37)28-11-4-3-5-12-28/h3-15,21,27,35H,16-20,22-24H2,1-2H3,(H,34,41)(H,36,40). The Morgan fingerprint density at radius 2 is 1.64 bits per heavy atom. The summed E-state index contributed by atoms with van der Waals surface area (Å²) in [5.74, 6) is 0.681. The van der Waals surface area contributed by atoms with Crippen molar-refractivity contribution in [1.82, 2.24) is 25.4 Å². The lowest BCUT2D eigenvalue weighted by Gasteiger charge is -2.36.